The summed E-state index contributed by atoms with van der Waals surface area (Å²) < 4.78 is 0. The second-order valence-electron chi connectivity index (χ2n) is 5.87. The van der Waals surface area contributed by atoms with Crippen molar-refractivity contribution in [3.8, 4) is 6.07 Å². The molecule has 20 heavy (non-hydrogen) atoms. The Morgan fingerprint density at radius 1 is 1.10 bits per heavy atom. The minimum Gasteiger partial charge on any atom is -0.290 e. The molecule has 5 nitrogen and oxygen atoms in total. The predicted octanol–water partition coefficient (Wildman–Crippen LogP) is 0.926. The first-order valence-electron chi connectivity index (χ1n) is 7.33. The van der Waals surface area contributed by atoms with Crippen LogP contribution in [0.25, 0.3) is 0 Å². The van der Waals surface area contributed by atoms with Gasteiger partial charge in [0.15, 0.2) is 0 Å². The van der Waals surface area contributed by atoms with Gasteiger partial charge >= 0.3 is 0 Å². The number of imide groups is 1. The summed E-state index contributed by atoms with van der Waals surface area (Å²) in [5, 5.41) is 8.70. The fraction of sp³-hybridized carbons (Fsp3) is 0.667. The van der Waals surface area contributed by atoms with Gasteiger partial charge in [-0.1, -0.05) is 12.2 Å². The van der Waals surface area contributed by atoms with Gasteiger partial charge in [0.05, 0.1) is 24.4 Å². The summed E-state index contributed by atoms with van der Waals surface area (Å²) in [6, 6.07) is 2.19. The van der Waals surface area contributed by atoms with Gasteiger partial charge < -0.3 is 0 Å². The van der Waals surface area contributed by atoms with Crippen LogP contribution in [0.15, 0.2) is 12.2 Å². The zero-order valence-electron chi connectivity index (χ0n) is 11.5. The average Bonchev–Trinajstić information content (AvgIpc) is 2.73. The summed E-state index contributed by atoms with van der Waals surface area (Å²) >= 11 is 0. The molecule has 0 aromatic rings. The van der Waals surface area contributed by atoms with Gasteiger partial charge in [-0.05, 0) is 25.7 Å². The summed E-state index contributed by atoms with van der Waals surface area (Å²) in [5.41, 5.74) is 0. The molecule has 0 aromatic heterocycles. The molecule has 0 N–H and O–H groups in total. The lowest BCUT2D eigenvalue weighted by Gasteiger charge is -2.34. The smallest absolute Gasteiger partial charge is 0.233 e. The SMILES string of the molecule is N#CCN1CCC(N2C(=O)C3CC=CCC3C2=O)CC1. The van der Waals surface area contributed by atoms with Gasteiger partial charge in [-0.2, -0.15) is 5.26 Å². The molecule has 0 bridgehead atoms. The number of hydrogen-bond donors (Lipinski definition) is 0. The highest BCUT2D eigenvalue weighted by atomic mass is 16.2. The van der Waals surface area contributed by atoms with Crippen molar-refractivity contribution in [1.29, 1.82) is 5.26 Å². The number of nitriles is 1. The van der Waals surface area contributed by atoms with E-state index in [0.29, 0.717) is 19.4 Å². The molecule has 0 radical (unpaired) electrons. The number of rotatable bonds is 2. The van der Waals surface area contributed by atoms with Crippen molar-refractivity contribution in [2.24, 2.45) is 11.8 Å². The molecule has 0 spiro atoms. The molecule has 5 heteroatoms. The van der Waals surface area contributed by atoms with Gasteiger partial charge in [0, 0.05) is 19.1 Å². The molecule has 0 saturated carbocycles. The summed E-state index contributed by atoms with van der Waals surface area (Å²) in [6.07, 6.45) is 7.05. The zero-order valence-corrected chi connectivity index (χ0v) is 11.5. The minimum absolute atomic E-state index is 0.0306. The van der Waals surface area contributed by atoms with E-state index in [-0.39, 0.29) is 29.7 Å². The minimum atomic E-state index is -0.121. The maximum atomic E-state index is 12.5. The number of allylic oxidation sites excluding steroid dienone is 2. The van der Waals surface area contributed by atoms with Crippen molar-refractivity contribution in [3.63, 3.8) is 0 Å². The van der Waals surface area contributed by atoms with Gasteiger partial charge in [-0.3, -0.25) is 19.4 Å². The second kappa shape index (κ2) is 5.37. The molecule has 1 aliphatic carbocycles. The Kier molecular flexibility index (Phi) is 3.58. The largest absolute Gasteiger partial charge is 0.290 e. The fourth-order valence-corrected chi connectivity index (χ4v) is 3.62. The lowest BCUT2D eigenvalue weighted by Crippen LogP contribution is -2.47. The first-order valence-corrected chi connectivity index (χ1v) is 7.33. The first kappa shape index (κ1) is 13.3. The number of hydrogen-bond acceptors (Lipinski definition) is 4. The molecule has 2 aliphatic heterocycles. The Morgan fingerprint density at radius 3 is 2.15 bits per heavy atom. The Labute approximate surface area is 118 Å². The average molecular weight is 273 g/mol. The molecule has 2 unspecified atom stereocenters. The number of likely N-dealkylation sites (tertiary alicyclic amines) is 2. The third-order valence-corrected chi connectivity index (χ3v) is 4.76. The van der Waals surface area contributed by atoms with E-state index < -0.39 is 0 Å². The molecule has 2 saturated heterocycles. The van der Waals surface area contributed by atoms with E-state index >= 15 is 0 Å². The highest BCUT2D eigenvalue weighted by molar-refractivity contribution is 6.05. The Bertz CT molecular complexity index is 460. The van der Waals surface area contributed by atoms with Crippen LogP contribution in [-0.2, 0) is 9.59 Å². The van der Waals surface area contributed by atoms with Crippen LogP contribution < -0.4 is 0 Å². The quantitative estimate of drug-likeness (QED) is 0.426. The Balaban J connectivity index is 1.68. The summed E-state index contributed by atoms with van der Waals surface area (Å²) in [4.78, 5) is 28.6. The number of carbonyl (C=O) groups excluding carboxylic acids is 2. The second-order valence-corrected chi connectivity index (χ2v) is 5.87. The Morgan fingerprint density at radius 2 is 1.65 bits per heavy atom. The monoisotopic (exact) mass is 273 g/mol. The van der Waals surface area contributed by atoms with Gasteiger partial charge in [0.25, 0.3) is 0 Å². The van der Waals surface area contributed by atoms with Crippen molar-refractivity contribution in [3.05, 3.63) is 12.2 Å². The summed E-state index contributed by atoms with van der Waals surface area (Å²) in [7, 11) is 0. The lowest BCUT2D eigenvalue weighted by molar-refractivity contribution is -0.143. The highest BCUT2D eigenvalue weighted by Crippen LogP contribution is 2.37. The van der Waals surface area contributed by atoms with Gasteiger partial charge in [0.2, 0.25) is 11.8 Å². The molecule has 2 fully saturated rings. The van der Waals surface area contributed by atoms with E-state index in [9.17, 15) is 9.59 Å². The molecule has 2 atom stereocenters. The van der Waals surface area contributed by atoms with Crippen molar-refractivity contribution >= 4 is 11.8 Å². The topological polar surface area (TPSA) is 64.4 Å². The van der Waals surface area contributed by atoms with Crippen LogP contribution in [0.5, 0.6) is 0 Å². The van der Waals surface area contributed by atoms with E-state index in [1.54, 1.807) is 4.90 Å². The molecule has 0 aromatic carbocycles. The zero-order chi connectivity index (χ0) is 14.1. The van der Waals surface area contributed by atoms with Gasteiger partial charge in [-0.25, -0.2) is 0 Å². The van der Waals surface area contributed by atoms with E-state index in [4.69, 9.17) is 5.26 Å². The number of carbonyl (C=O) groups is 2. The molecule has 2 heterocycles. The predicted molar refractivity (Wildman–Crippen MR) is 72.3 cm³/mol. The number of piperidine rings is 1. The number of nitrogens with zero attached hydrogens (tertiary/aromatic N) is 3. The normalized spacial score (nSPS) is 31.4. The van der Waals surface area contributed by atoms with Crippen LogP contribution in [0, 0.1) is 23.2 Å². The number of amides is 2. The molecule has 106 valence electrons. The molecule has 3 rings (SSSR count). The van der Waals surface area contributed by atoms with Crippen LogP contribution in [0.3, 0.4) is 0 Å². The van der Waals surface area contributed by atoms with Gasteiger partial charge in [-0.15, -0.1) is 0 Å². The van der Waals surface area contributed by atoms with E-state index in [1.807, 2.05) is 12.2 Å². The van der Waals surface area contributed by atoms with Crippen LogP contribution in [0.4, 0.5) is 0 Å². The summed E-state index contributed by atoms with van der Waals surface area (Å²) in [5.74, 6) is -0.180. The van der Waals surface area contributed by atoms with Crippen LogP contribution >= 0.6 is 0 Å². The third-order valence-electron chi connectivity index (χ3n) is 4.76. The number of fused-ring (bicyclic) bond motifs is 1. The first-order chi connectivity index (χ1) is 9.72. The molecular weight excluding hydrogens is 254 g/mol. The van der Waals surface area contributed by atoms with E-state index in [0.717, 1.165) is 25.9 Å². The van der Waals surface area contributed by atoms with Crippen molar-refractivity contribution in [2.45, 2.75) is 31.7 Å². The van der Waals surface area contributed by atoms with E-state index in [2.05, 4.69) is 11.0 Å². The van der Waals surface area contributed by atoms with Crippen molar-refractivity contribution < 1.29 is 9.59 Å². The molecular formula is C15H19N3O2. The molecule has 2 amide bonds. The maximum absolute atomic E-state index is 12.5. The standard InChI is InChI=1S/C15H19N3O2/c16-7-10-17-8-5-11(6-9-17)18-14(19)12-3-1-2-4-13(12)15(18)20/h1-2,11-13H,3-6,8-10H2. The molecule has 3 aliphatic rings. The van der Waals surface area contributed by atoms with E-state index in [1.165, 1.54) is 0 Å². The lowest BCUT2D eigenvalue weighted by atomic mass is 9.85. The fourth-order valence-electron chi connectivity index (χ4n) is 3.62. The highest BCUT2D eigenvalue weighted by Gasteiger charge is 2.49. The van der Waals surface area contributed by atoms with Crippen molar-refractivity contribution in [1.82, 2.24) is 9.80 Å². The summed E-state index contributed by atoms with van der Waals surface area (Å²) in [6.45, 7) is 2.02. The van der Waals surface area contributed by atoms with Crippen LogP contribution in [0.2, 0.25) is 0 Å². The third kappa shape index (κ3) is 2.14. The van der Waals surface area contributed by atoms with Gasteiger partial charge in [0.1, 0.15) is 0 Å². The Hall–Kier alpha value is -1.67. The van der Waals surface area contributed by atoms with Crippen LogP contribution in [0.1, 0.15) is 25.7 Å². The maximum Gasteiger partial charge on any atom is 0.233 e. The van der Waals surface area contributed by atoms with Crippen molar-refractivity contribution in [2.75, 3.05) is 19.6 Å². The van der Waals surface area contributed by atoms with Crippen LogP contribution in [-0.4, -0.2) is 47.3 Å².